The predicted molar refractivity (Wildman–Crippen MR) is 79.0 cm³/mol. The monoisotopic (exact) mass is 296 g/mol. The summed E-state index contributed by atoms with van der Waals surface area (Å²) in [5, 5.41) is 3.43. The molecule has 2 atom stereocenters. The van der Waals surface area contributed by atoms with Gasteiger partial charge in [0.1, 0.15) is 5.00 Å². The smallest absolute Gasteiger partial charge is 0.341 e. The lowest BCUT2D eigenvalue weighted by Gasteiger charge is -2.10. The summed E-state index contributed by atoms with van der Waals surface area (Å²) in [6.07, 6.45) is 2.41. The van der Waals surface area contributed by atoms with Crippen LogP contribution in [-0.4, -0.2) is 24.5 Å². The van der Waals surface area contributed by atoms with Gasteiger partial charge in [-0.2, -0.15) is 0 Å². The molecule has 1 fully saturated rings. The Morgan fingerprint density at radius 1 is 1.50 bits per heavy atom. The van der Waals surface area contributed by atoms with Crippen molar-refractivity contribution in [3.05, 3.63) is 16.5 Å². The van der Waals surface area contributed by atoms with Crippen LogP contribution in [0.3, 0.4) is 0 Å². The van der Waals surface area contributed by atoms with E-state index in [1.54, 1.807) is 13.0 Å². The number of nitrogens with two attached hydrogens (primary N) is 1. The topological polar surface area (TPSA) is 81.4 Å². The Labute approximate surface area is 122 Å². The standard InChI is InChI=1S/C14H20N2O3S/c1-3-19-14(18)11-6-8(2)20-13(11)16-12(17)9-4-5-10(15)7-9/h6,9-10H,3-5,7,15H2,1-2H3,(H,16,17). The third-order valence-electron chi connectivity index (χ3n) is 3.43. The van der Waals surface area contributed by atoms with Gasteiger partial charge >= 0.3 is 5.97 Å². The van der Waals surface area contributed by atoms with Crippen molar-refractivity contribution in [3.63, 3.8) is 0 Å². The van der Waals surface area contributed by atoms with Crippen LogP contribution in [0.4, 0.5) is 5.00 Å². The molecule has 5 nitrogen and oxygen atoms in total. The van der Waals surface area contributed by atoms with Crippen molar-refractivity contribution in [1.29, 1.82) is 0 Å². The molecular weight excluding hydrogens is 276 g/mol. The Bertz CT molecular complexity index is 513. The van der Waals surface area contributed by atoms with E-state index in [-0.39, 0.29) is 17.9 Å². The van der Waals surface area contributed by atoms with Crippen molar-refractivity contribution in [2.24, 2.45) is 11.7 Å². The molecule has 110 valence electrons. The fraction of sp³-hybridized carbons (Fsp3) is 0.571. The molecule has 0 aliphatic heterocycles. The fourth-order valence-corrected chi connectivity index (χ4v) is 3.34. The van der Waals surface area contributed by atoms with E-state index in [4.69, 9.17) is 10.5 Å². The molecule has 1 aliphatic carbocycles. The zero-order valence-electron chi connectivity index (χ0n) is 11.8. The van der Waals surface area contributed by atoms with Crippen LogP contribution in [-0.2, 0) is 9.53 Å². The molecule has 0 radical (unpaired) electrons. The second-order valence-corrected chi connectivity index (χ2v) is 6.34. The lowest BCUT2D eigenvalue weighted by Crippen LogP contribution is -2.23. The van der Waals surface area contributed by atoms with Crippen LogP contribution < -0.4 is 11.1 Å². The van der Waals surface area contributed by atoms with E-state index in [2.05, 4.69) is 5.32 Å². The Hall–Kier alpha value is -1.40. The molecule has 1 aromatic heterocycles. The summed E-state index contributed by atoms with van der Waals surface area (Å²) in [4.78, 5) is 25.0. The molecule has 3 N–H and O–H groups in total. The van der Waals surface area contributed by atoms with Crippen LogP contribution in [0.15, 0.2) is 6.07 Å². The molecule has 20 heavy (non-hydrogen) atoms. The van der Waals surface area contributed by atoms with Crippen LogP contribution in [0.25, 0.3) is 0 Å². The van der Waals surface area contributed by atoms with Crippen LogP contribution >= 0.6 is 11.3 Å². The number of amides is 1. The van der Waals surface area contributed by atoms with Gasteiger partial charge in [0.15, 0.2) is 0 Å². The summed E-state index contributed by atoms with van der Waals surface area (Å²) in [6, 6.07) is 1.86. The zero-order chi connectivity index (χ0) is 14.7. The van der Waals surface area contributed by atoms with Gasteiger partial charge in [0, 0.05) is 16.8 Å². The number of carbonyl (C=O) groups is 2. The first-order valence-electron chi connectivity index (χ1n) is 6.85. The second kappa shape index (κ2) is 6.37. The number of aryl methyl sites for hydroxylation is 1. The maximum Gasteiger partial charge on any atom is 0.341 e. The number of hydrogen-bond acceptors (Lipinski definition) is 5. The van der Waals surface area contributed by atoms with E-state index in [1.165, 1.54) is 11.3 Å². The Morgan fingerprint density at radius 2 is 2.25 bits per heavy atom. The quantitative estimate of drug-likeness (QED) is 0.835. The van der Waals surface area contributed by atoms with E-state index >= 15 is 0 Å². The summed E-state index contributed by atoms with van der Waals surface area (Å²) in [5.41, 5.74) is 6.26. The highest BCUT2D eigenvalue weighted by Gasteiger charge is 2.29. The van der Waals surface area contributed by atoms with Crippen molar-refractivity contribution in [1.82, 2.24) is 0 Å². The number of thiophene rings is 1. The molecule has 0 aromatic carbocycles. The van der Waals surface area contributed by atoms with Crippen LogP contribution in [0, 0.1) is 12.8 Å². The van der Waals surface area contributed by atoms with E-state index in [0.29, 0.717) is 23.6 Å². The maximum absolute atomic E-state index is 12.2. The first-order chi connectivity index (χ1) is 9.51. The van der Waals surface area contributed by atoms with Gasteiger partial charge in [-0.3, -0.25) is 4.79 Å². The van der Waals surface area contributed by atoms with Gasteiger partial charge in [-0.05, 0) is 39.2 Å². The van der Waals surface area contributed by atoms with Crippen molar-refractivity contribution in [2.45, 2.75) is 39.2 Å². The van der Waals surface area contributed by atoms with Crippen molar-refractivity contribution >= 4 is 28.2 Å². The first-order valence-corrected chi connectivity index (χ1v) is 7.67. The number of carbonyl (C=O) groups excluding carboxylic acids is 2. The highest BCUT2D eigenvalue weighted by atomic mass is 32.1. The van der Waals surface area contributed by atoms with Gasteiger partial charge in [0.05, 0.1) is 12.2 Å². The molecule has 1 amide bonds. The third kappa shape index (κ3) is 3.37. The number of hydrogen-bond donors (Lipinski definition) is 2. The number of nitrogens with one attached hydrogen (secondary N) is 1. The summed E-state index contributed by atoms with van der Waals surface area (Å²) in [7, 11) is 0. The largest absolute Gasteiger partial charge is 0.462 e. The Kier molecular flexibility index (Phi) is 4.77. The van der Waals surface area contributed by atoms with Crippen LogP contribution in [0.5, 0.6) is 0 Å². The lowest BCUT2D eigenvalue weighted by atomic mass is 10.1. The molecule has 6 heteroatoms. The number of anilines is 1. The Morgan fingerprint density at radius 3 is 2.85 bits per heavy atom. The summed E-state index contributed by atoms with van der Waals surface area (Å²) in [6.45, 7) is 3.97. The van der Waals surface area contributed by atoms with Gasteiger partial charge < -0.3 is 15.8 Å². The third-order valence-corrected chi connectivity index (χ3v) is 4.40. The number of rotatable bonds is 4. The minimum absolute atomic E-state index is 0.0506. The van der Waals surface area contributed by atoms with Gasteiger partial charge in [0.2, 0.25) is 5.91 Å². The SMILES string of the molecule is CCOC(=O)c1cc(C)sc1NC(=O)C1CCC(N)C1. The highest BCUT2D eigenvalue weighted by molar-refractivity contribution is 7.16. The molecule has 0 spiro atoms. The summed E-state index contributed by atoms with van der Waals surface area (Å²) >= 11 is 1.39. The number of esters is 1. The minimum Gasteiger partial charge on any atom is -0.462 e. The normalized spacial score (nSPS) is 21.8. The van der Waals surface area contributed by atoms with E-state index in [9.17, 15) is 9.59 Å². The first kappa shape index (κ1) is 15.0. The van der Waals surface area contributed by atoms with Gasteiger partial charge in [-0.1, -0.05) is 0 Å². The molecule has 0 bridgehead atoms. The van der Waals surface area contributed by atoms with Crippen molar-refractivity contribution in [3.8, 4) is 0 Å². The van der Waals surface area contributed by atoms with E-state index < -0.39 is 5.97 Å². The van der Waals surface area contributed by atoms with Gasteiger partial charge in [-0.15, -0.1) is 11.3 Å². The van der Waals surface area contributed by atoms with Gasteiger partial charge in [0.25, 0.3) is 0 Å². The molecule has 1 aromatic rings. The van der Waals surface area contributed by atoms with Crippen molar-refractivity contribution in [2.75, 3.05) is 11.9 Å². The second-order valence-electron chi connectivity index (χ2n) is 5.08. The highest BCUT2D eigenvalue weighted by Crippen LogP contribution is 2.31. The van der Waals surface area contributed by atoms with Crippen molar-refractivity contribution < 1.29 is 14.3 Å². The number of ether oxygens (including phenoxy) is 1. The predicted octanol–water partition coefficient (Wildman–Crippen LogP) is 2.30. The average molecular weight is 296 g/mol. The molecule has 2 unspecified atom stereocenters. The minimum atomic E-state index is -0.393. The molecule has 1 saturated carbocycles. The molecule has 2 rings (SSSR count). The summed E-state index contributed by atoms with van der Waals surface area (Å²) < 4.78 is 5.00. The molecule has 1 aliphatic rings. The Balaban J connectivity index is 2.09. The fourth-order valence-electron chi connectivity index (χ4n) is 2.44. The molecule has 1 heterocycles. The van der Waals surface area contributed by atoms with Gasteiger partial charge in [-0.25, -0.2) is 4.79 Å². The zero-order valence-corrected chi connectivity index (χ0v) is 12.6. The lowest BCUT2D eigenvalue weighted by molar-refractivity contribution is -0.119. The van der Waals surface area contributed by atoms with Crippen LogP contribution in [0.1, 0.15) is 41.4 Å². The van der Waals surface area contributed by atoms with E-state index in [1.807, 2.05) is 6.92 Å². The molecular formula is C14H20N2O3S. The molecule has 0 saturated heterocycles. The van der Waals surface area contributed by atoms with E-state index in [0.717, 1.165) is 17.7 Å². The summed E-state index contributed by atoms with van der Waals surface area (Å²) in [5.74, 6) is -0.497. The van der Waals surface area contributed by atoms with Crippen LogP contribution in [0.2, 0.25) is 0 Å². The average Bonchev–Trinajstić information content (AvgIpc) is 2.96. The maximum atomic E-state index is 12.2.